The first-order chi connectivity index (χ1) is 13.1. The molecule has 3 amide bonds. The van der Waals surface area contributed by atoms with Gasteiger partial charge in [0, 0.05) is 18.2 Å². The van der Waals surface area contributed by atoms with Crippen molar-refractivity contribution < 1.29 is 14.4 Å². The lowest BCUT2D eigenvalue weighted by Crippen LogP contribution is -2.42. The van der Waals surface area contributed by atoms with Crippen LogP contribution in [0.15, 0.2) is 48.5 Å². The molecule has 0 bridgehead atoms. The minimum absolute atomic E-state index is 0.0198. The first-order valence-corrected chi connectivity index (χ1v) is 9.41. The van der Waals surface area contributed by atoms with Gasteiger partial charge in [-0.1, -0.05) is 24.3 Å². The Balaban J connectivity index is 1.55. The number of imide groups is 1. The molecule has 138 valence electrons. The minimum Gasteiger partial charge on any atom is -0.336 e. The zero-order valence-electron chi connectivity index (χ0n) is 15.4. The number of carbonyl (C=O) groups is 3. The molecule has 1 fully saturated rings. The van der Waals surface area contributed by atoms with E-state index in [1.54, 1.807) is 36.4 Å². The number of carbonyl (C=O) groups excluding carboxylic acids is 3. The van der Waals surface area contributed by atoms with Crippen molar-refractivity contribution in [2.75, 3.05) is 6.54 Å². The Morgan fingerprint density at radius 2 is 1.70 bits per heavy atom. The van der Waals surface area contributed by atoms with Crippen LogP contribution in [0.1, 0.15) is 62.8 Å². The Morgan fingerprint density at radius 3 is 2.37 bits per heavy atom. The number of fused-ring (bicyclic) bond motifs is 1. The van der Waals surface area contributed by atoms with Crippen LogP contribution in [0.4, 0.5) is 0 Å². The SMILES string of the molecule is CC1CCCCN1C(=O)c1cccc(CN2C(=O)c3ccccc3C2=O)c1. The third-order valence-corrected chi connectivity index (χ3v) is 5.46. The molecule has 0 spiro atoms. The summed E-state index contributed by atoms with van der Waals surface area (Å²) in [4.78, 5) is 41.2. The highest BCUT2D eigenvalue weighted by Gasteiger charge is 2.35. The number of piperidine rings is 1. The Hall–Kier alpha value is -2.95. The van der Waals surface area contributed by atoms with Gasteiger partial charge >= 0.3 is 0 Å². The second-order valence-electron chi connectivity index (χ2n) is 7.29. The van der Waals surface area contributed by atoms with Crippen LogP contribution in [0.25, 0.3) is 0 Å². The number of hydrogen-bond acceptors (Lipinski definition) is 3. The van der Waals surface area contributed by atoms with Crippen molar-refractivity contribution in [3.63, 3.8) is 0 Å². The summed E-state index contributed by atoms with van der Waals surface area (Å²) < 4.78 is 0. The van der Waals surface area contributed by atoms with Gasteiger partial charge in [-0.15, -0.1) is 0 Å². The van der Waals surface area contributed by atoms with E-state index in [9.17, 15) is 14.4 Å². The van der Waals surface area contributed by atoms with Crippen LogP contribution < -0.4 is 0 Å². The molecule has 2 aliphatic heterocycles. The highest BCUT2D eigenvalue weighted by molar-refractivity contribution is 6.21. The molecule has 0 radical (unpaired) electrons. The lowest BCUT2D eigenvalue weighted by molar-refractivity contribution is 0.0632. The third kappa shape index (κ3) is 3.14. The molecule has 5 nitrogen and oxygen atoms in total. The van der Waals surface area contributed by atoms with Crippen LogP contribution in [0.3, 0.4) is 0 Å². The molecule has 0 saturated carbocycles. The van der Waals surface area contributed by atoms with Crippen LogP contribution >= 0.6 is 0 Å². The van der Waals surface area contributed by atoms with E-state index in [1.165, 1.54) is 4.90 Å². The molecule has 5 heteroatoms. The van der Waals surface area contributed by atoms with Crippen molar-refractivity contribution >= 4 is 17.7 Å². The van der Waals surface area contributed by atoms with Crippen molar-refractivity contribution in [2.24, 2.45) is 0 Å². The van der Waals surface area contributed by atoms with E-state index in [4.69, 9.17) is 0 Å². The van der Waals surface area contributed by atoms with Crippen LogP contribution in [-0.2, 0) is 6.54 Å². The highest BCUT2D eigenvalue weighted by atomic mass is 16.2. The predicted octanol–water partition coefficient (Wildman–Crippen LogP) is 3.50. The Morgan fingerprint density at radius 1 is 1.00 bits per heavy atom. The molecular weight excluding hydrogens is 340 g/mol. The molecule has 0 aromatic heterocycles. The summed E-state index contributed by atoms with van der Waals surface area (Å²) >= 11 is 0. The fourth-order valence-corrected chi connectivity index (χ4v) is 3.93. The Labute approximate surface area is 158 Å². The largest absolute Gasteiger partial charge is 0.336 e. The molecule has 2 aromatic carbocycles. The number of hydrogen-bond donors (Lipinski definition) is 0. The summed E-state index contributed by atoms with van der Waals surface area (Å²) in [6.07, 6.45) is 3.22. The van der Waals surface area contributed by atoms with Gasteiger partial charge in [0.25, 0.3) is 17.7 Å². The van der Waals surface area contributed by atoms with E-state index in [1.807, 2.05) is 17.0 Å². The zero-order valence-corrected chi connectivity index (χ0v) is 15.4. The molecule has 2 aromatic rings. The predicted molar refractivity (Wildman–Crippen MR) is 101 cm³/mol. The van der Waals surface area contributed by atoms with E-state index >= 15 is 0 Å². The molecule has 1 atom stereocenters. The van der Waals surface area contributed by atoms with Gasteiger partial charge < -0.3 is 4.90 Å². The molecule has 0 N–H and O–H groups in total. The van der Waals surface area contributed by atoms with Crippen LogP contribution in [0.5, 0.6) is 0 Å². The van der Waals surface area contributed by atoms with Crippen LogP contribution in [0.2, 0.25) is 0 Å². The highest BCUT2D eigenvalue weighted by Crippen LogP contribution is 2.25. The average molecular weight is 362 g/mol. The number of benzene rings is 2. The number of rotatable bonds is 3. The average Bonchev–Trinajstić information content (AvgIpc) is 2.93. The molecular formula is C22H22N2O3. The summed E-state index contributed by atoms with van der Waals surface area (Å²) in [5, 5.41) is 0. The number of amides is 3. The molecule has 0 aliphatic carbocycles. The van der Waals surface area contributed by atoms with Crippen molar-refractivity contribution in [1.82, 2.24) is 9.80 Å². The van der Waals surface area contributed by atoms with Crippen molar-refractivity contribution in [3.05, 3.63) is 70.8 Å². The Kier molecular flexibility index (Phi) is 4.52. The van der Waals surface area contributed by atoms with Crippen molar-refractivity contribution in [2.45, 2.75) is 38.8 Å². The molecule has 2 heterocycles. The standard InChI is InChI=1S/C22H22N2O3/c1-15-7-4-5-12-23(15)20(25)17-9-6-8-16(13-17)14-24-21(26)18-10-2-3-11-19(18)22(24)27/h2-3,6,8-11,13,15H,4-5,7,12,14H2,1H3. The smallest absolute Gasteiger partial charge is 0.261 e. The lowest BCUT2D eigenvalue weighted by atomic mass is 10.0. The van der Waals surface area contributed by atoms with Gasteiger partial charge in [0.2, 0.25) is 0 Å². The second kappa shape index (κ2) is 6.99. The first-order valence-electron chi connectivity index (χ1n) is 9.41. The molecule has 2 aliphatic rings. The number of nitrogens with zero attached hydrogens (tertiary/aromatic N) is 2. The first kappa shape index (κ1) is 17.5. The summed E-state index contributed by atoms with van der Waals surface area (Å²) in [6, 6.07) is 14.4. The molecule has 1 saturated heterocycles. The van der Waals surface area contributed by atoms with Crippen molar-refractivity contribution in [3.8, 4) is 0 Å². The maximum atomic E-state index is 12.9. The summed E-state index contributed by atoms with van der Waals surface area (Å²) in [7, 11) is 0. The van der Waals surface area contributed by atoms with Gasteiger partial charge in [-0.05, 0) is 56.0 Å². The third-order valence-electron chi connectivity index (χ3n) is 5.46. The monoisotopic (exact) mass is 362 g/mol. The second-order valence-corrected chi connectivity index (χ2v) is 7.29. The van der Waals surface area contributed by atoms with Gasteiger partial charge in [0.1, 0.15) is 0 Å². The fourth-order valence-electron chi connectivity index (χ4n) is 3.93. The van der Waals surface area contributed by atoms with Crippen molar-refractivity contribution in [1.29, 1.82) is 0 Å². The maximum Gasteiger partial charge on any atom is 0.261 e. The molecule has 1 unspecified atom stereocenters. The Bertz CT molecular complexity index is 886. The normalized spacial score (nSPS) is 19.4. The van der Waals surface area contributed by atoms with Gasteiger partial charge in [0.15, 0.2) is 0 Å². The quantitative estimate of drug-likeness (QED) is 0.785. The fraction of sp³-hybridized carbons (Fsp3) is 0.318. The maximum absolute atomic E-state index is 12.9. The van der Waals surface area contributed by atoms with Gasteiger partial charge in [-0.3, -0.25) is 19.3 Å². The minimum atomic E-state index is -0.281. The van der Waals surface area contributed by atoms with E-state index < -0.39 is 0 Å². The van der Waals surface area contributed by atoms with Crippen LogP contribution in [-0.4, -0.2) is 40.1 Å². The van der Waals surface area contributed by atoms with Gasteiger partial charge in [-0.25, -0.2) is 0 Å². The van der Waals surface area contributed by atoms with Gasteiger partial charge in [0.05, 0.1) is 17.7 Å². The summed E-state index contributed by atoms with van der Waals surface area (Å²) in [6.45, 7) is 3.03. The van der Waals surface area contributed by atoms with E-state index in [-0.39, 0.29) is 30.3 Å². The summed E-state index contributed by atoms with van der Waals surface area (Å²) in [5.41, 5.74) is 2.27. The van der Waals surface area contributed by atoms with E-state index in [0.717, 1.165) is 31.4 Å². The summed E-state index contributed by atoms with van der Waals surface area (Å²) in [5.74, 6) is -0.541. The van der Waals surface area contributed by atoms with Crippen LogP contribution in [0, 0.1) is 0 Å². The molecule has 4 rings (SSSR count). The zero-order chi connectivity index (χ0) is 19.0. The number of likely N-dealkylation sites (tertiary alicyclic amines) is 1. The van der Waals surface area contributed by atoms with E-state index in [2.05, 4.69) is 6.92 Å². The van der Waals surface area contributed by atoms with E-state index in [0.29, 0.717) is 16.7 Å². The van der Waals surface area contributed by atoms with Gasteiger partial charge in [-0.2, -0.15) is 0 Å². The topological polar surface area (TPSA) is 57.7 Å². The lowest BCUT2D eigenvalue weighted by Gasteiger charge is -2.33. The molecule has 27 heavy (non-hydrogen) atoms.